The predicted octanol–water partition coefficient (Wildman–Crippen LogP) is 3.75. The van der Waals surface area contributed by atoms with Gasteiger partial charge in [-0.05, 0) is 57.4 Å². The topological polar surface area (TPSA) is 21.3 Å². The van der Waals surface area contributed by atoms with Gasteiger partial charge in [0.15, 0.2) is 0 Å². The molecule has 0 amide bonds. The van der Waals surface area contributed by atoms with Crippen LogP contribution in [0.5, 0.6) is 0 Å². The maximum absolute atomic E-state index is 5.40. The standard InChI is InChI=1S/C16H31NO/c1-14(16-7-2-3-8-16)17-11-5-4-6-15-9-12-18-13-10-15/h14-17H,2-13H2,1H3. The fraction of sp³-hybridized carbons (Fsp3) is 1.00. The lowest BCUT2D eigenvalue weighted by Crippen LogP contribution is -2.33. The van der Waals surface area contributed by atoms with Crippen molar-refractivity contribution in [3.8, 4) is 0 Å². The minimum atomic E-state index is 0.746. The molecule has 1 saturated carbocycles. The molecule has 1 aliphatic carbocycles. The normalized spacial score (nSPS) is 24.5. The lowest BCUT2D eigenvalue weighted by molar-refractivity contribution is 0.0631. The molecule has 2 rings (SSSR count). The first-order chi connectivity index (χ1) is 8.86. The monoisotopic (exact) mass is 253 g/mol. The largest absolute Gasteiger partial charge is 0.381 e. The summed E-state index contributed by atoms with van der Waals surface area (Å²) in [6.45, 7) is 5.61. The Labute approximate surface area is 113 Å². The van der Waals surface area contributed by atoms with E-state index < -0.39 is 0 Å². The van der Waals surface area contributed by atoms with Gasteiger partial charge < -0.3 is 10.1 Å². The highest BCUT2D eigenvalue weighted by atomic mass is 16.5. The molecule has 2 fully saturated rings. The Hall–Kier alpha value is -0.0800. The van der Waals surface area contributed by atoms with Crippen molar-refractivity contribution in [3.63, 3.8) is 0 Å². The van der Waals surface area contributed by atoms with Crippen molar-refractivity contribution >= 4 is 0 Å². The Morgan fingerprint density at radius 1 is 1.06 bits per heavy atom. The quantitative estimate of drug-likeness (QED) is 0.698. The maximum Gasteiger partial charge on any atom is 0.0468 e. The smallest absolute Gasteiger partial charge is 0.0468 e. The summed E-state index contributed by atoms with van der Waals surface area (Å²) < 4.78 is 5.40. The third-order valence-electron chi connectivity index (χ3n) is 4.95. The van der Waals surface area contributed by atoms with E-state index in [1.165, 1.54) is 64.3 Å². The van der Waals surface area contributed by atoms with Gasteiger partial charge in [-0.15, -0.1) is 0 Å². The average Bonchev–Trinajstić information content (AvgIpc) is 2.93. The molecule has 0 bridgehead atoms. The van der Waals surface area contributed by atoms with Crippen LogP contribution >= 0.6 is 0 Å². The molecule has 0 aromatic carbocycles. The Morgan fingerprint density at radius 2 is 1.78 bits per heavy atom. The van der Waals surface area contributed by atoms with E-state index in [1.54, 1.807) is 0 Å². The number of unbranched alkanes of at least 4 members (excludes halogenated alkanes) is 1. The number of rotatable bonds is 7. The van der Waals surface area contributed by atoms with Crippen LogP contribution in [-0.2, 0) is 4.74 Å². The molecule has 1 saturated heterocycles. The van der Waals surface area contributed by atoms with Gasteiger partial charge in [0.2, 0.25) is 0 Å². The van der Waals surface area contributed by atoms with E-state index in [0.717, 1.165) is 31.1 Å². The second-order valence-corrected chi connectivity index (χ2v) is 6.34. The lowest BCUT2D eigenvalue weighted by atomic mass is 9.94. The van der Waals surface area contributed by atoms with Crippen molar-refractivity contribution in [1.29, 1.82) is 0 Å². The summed E-state index contributed by atoms with van der Waals surface area (Å²) in [4.78, 5) is 0. The fourth-order valence-corrected chi connectivity index (χ4v) is 3.55. The van der Waals surface area contributed by atoms with Gasteiger partial charge in [0.25, 0.3) is 0 Å². The zero-order chi connectivity index (χ0) is 12.6. The van der Waals surface area contributed by atoms with Crippen molar-refractivity contribution in [2.45, 2.75) is 70.8 Å². The molecule has 1 atom stereocenters. The molecule has 2 aliphatic rings. The van der Waals surface area contributed by atoms with Crippen LogP contribution in [0.4, 0.5) is 0 Å². The van der Waals surface area contributed by atoms with Crippen molar-refractivity contribution < 1.29 is 4.74 Å². The second-order valence-electron chi connectivity index (χ2n) is 6.34. The Kier molecular flexibility index (Phi) is 6.50. The van der Waals surface area contributed by atoms with Crippen LogP contribution in [0.3, 0.4) is 0 Å². The van der Waals surface area contributed by atoms with Gasteiger partial charge in [-0.3, -0.25) is 0 Å². The van der Waals surface area contributed by atoms with E-state index in [9.17, 15) is 0 Å². The number of hydrogen-bond acceptors (Lipinski definition) is 2. The van der Waals surface area contributed by atoms with Gasteiger partial charge in [-0.25, -0.2) is 0 Å². The fourth-order valence-electron chi connectivity index (χ4n) is 3.55. The Bertz CT molecular complexity index is 207. The zero-order valence-corrected chi connectivity index (χ0v) is 12.1. The third-order valence-corrected chi connectivity index (χ3v) is 4.95. The Morgan fingerprint density at radius 3 is 2.50 bits per heavy atom. The van der Waals surface area contributed by atoms with Crippen molar-refractivity contribution in [3.05, 3.63) is 0 Å². The molecule has 18 heavy (non-hydrogen) atoms. The van der Waals surface area contributed by atoms with Crippen molar-refractivity contribution in [1.82, 2.24) is 5.32 Å². The molecule has 2 heteroatoms. The minimum Gasteiger partial charge on any atom is -0.381 e. The first kappa shape index (κ1) is 14.3. The summed E-state index contributed by atoms with van der Waals surface area (Å²) >= 11 is 0. The zero-order valence-electron chi connectivity index (χ0n) is 12.1. The summed E-state index contributed by atoms with van der Waals surface area (Å²) in [7, 11) is 0. The molecule has 1 heterocycles. The van der Waals surface area contributed by atoms with Crippen LogP contribution in [0.1, 0.15) is 64.7 Å². The molecule has 0 radical (unpaired) electrons. The van der Waals surface area contributed by atoms with Crippen LogP contribution in [0.2, 0.25) is 0 Å². The summed E-state index contributed by atoms with van der Waals surface area (Å²) in [5.41, 5.74) is 0. The molecule has 0 spiro atoms. The number of hydrogen-bond donors (Lipinski definition) is 1. The lowest BCUT2D eigenvalue weighted by Gasteiger charge is -2.22. The van der Waals surface area contributed by atoms with Crippen LogP contribution in [-0.4, -0.2) is 25.8 Å². The van der Waals surface area contributed by atoms with Gasteiger partial charge in [0.05, 0.1) is 0 Å². The maximum atomic E-state index is 5.40. The van der Waals surface area contributed by atoms with Gasteiger partial charge in [0.1, 0.15) is 0 Å². The minimum absolute atomic E-state index is 0.746. The predicted molar refractivity (Wildman–Crippen MR) is 76.8 cm³/mol. The van der Waals surface area contributed by atoms with Gasteiger partial charge in [-0.2, -0.15) is 0 Å². The summed E-state index contributed by atoms with van der Waals surface area (Å²) in [5, 5.41) is 3.74. The van der Waals surface area contributed by atoms with Crippen LogP contribution < -0.4 is 5.32 Å². The highest BCUT2D eigenvalue weighted by Gasteiger charge is 2.20. The molecule has 1 unspecified atom stereocenters. The van der Waals surface area contributed by atoms with Gasteiger partial charge >= 0.3 is 0 Å². The second kappa shape index (κ2) is 8.16. The van der Waals surface area contributed by atoms with Gasteiger partial charge in [-0.1, -0.05) is 25.7 Å². The van der Waals surface area contributed by atoms with E-state index in [4.69, 9.17) is 4.74 Å². The third kappa shape index (κ3) is 4.89. The molecule has 1 N–H and O–H groups in total. The molecule has 1 aliphatic heterocycles. The highest BCUT2D eigenvalue weighted by Crippen LogP contribution is 2.27. The first-order valence-electron chi connectivity index (χ1n) is 8.17. The molecule has 0 aromatic rings. The van der Waals surface area contributed by atoms with Crippen LogP contribution in [0, 0.1) is 11.8 Å². The van der Waals surface area contributed by atoms with E-state index in [0.29, 0.717) is 0 Å². The highest BCUT2D eigenvalue weighted by molar-refractivity contribution is 4.77. The summed E-state index contributed by atoms with van der Waals surface area (Å²) in [5.74, 6) is 1.91. The molecular weight excluding hydrogens is 222 g/mol. The SMILES string of the molecule is CC(NCCCCC1CCOCC1)C1CCCC1. The molecule has 106 valence electrons. The Balaban J connectivity index is 1.45. The van der Waals surface area contributed by atoms with E-state index in [-0.39, 0.29) is 0 Å². The first-order valence-corrected chi connectivity index (χ1v) is 8.17. The van der Waals surface area contributed by atoms with Crippen LogP contribution in [0.25, 0.3) is 0 Å². The van der Waals surface area contributed by atoms with E-state index >= 15 is 0 Å². The van der Waals surface area contributed by atoms with E-state index in [2.05, 4.69) is 12.2 Å². The summed E-state index contributed by atoms with van der Waals surface area (Å²) in [6.07, 6.45) is 12.6. The number of ether oxygens (including phenoxy) is 1. The van der Waals surface area contributed by atoms with Crippen molar-refractivity contribution in [2.75, 3.05) is 19.8 Å². The average molecular weight is 253 g/mol. The summed E-state index contributed by atoms with van der Waals surface area (Å²) in [6, 6.07) is 0.746. The van der Waals surface area contributed by atoms with Crippen molar-refractivity contribution in [2.24, 2.45) is 11.8 Å². The van der Waals surface area contributed by atoms with Crippen LogP contribution in [0.15, 0.2) is 0 Å². The number of nitrogens with one attached hydrogen (secondary N) is 1. The van der Waals surface area contributed by atoms with E-state index in [1.807, 2.05) is 0 Å². The molecular formula is C16H31NO. The van der Waals surface area contributed by atoms with Gasteiger partial charge in [0, 0.05) is 19.3 Å². The molecule has 0 aromatic heterocycles. The molecule has 2 nitrogen and oxygen atoms in total.